The van der Waals surface area contributed by atoms with Crippen molar-refractivity contribution >= 4 is 24.0 Å². The van der Waals surface area contributed by atoms with E-state index in [9.17, 15) is 4.79 Å². The Hall–Kier alpha value is -2.56. The molecule has 44 heavy (non-hydrogen) atoms. The number of likely N-dealkylation sites (N-methyl/N-ethyl adjacent to an activating group) is 1. The molecule has 2 bridgehead atoms. The van der Waals surface area contributed by atoms with Gasteiger partial charge in [0.1, 0.15) is 28.9 Å². The number of benzene rings is 2. The molecule has 8 heteroatoms. The number of hydrogen-bond donors (Lipinski definition) is 0. The molecule has 2 aliphatic carbocycles. The first-order valence-electron chi connectivity index (χ1n) is 16.5. The van der Waals surface area contributed by atoms with E-state index in [0.29, 0.717) is 17.4 Å². The van der Waals surface area contributed by atoms with E-state index in [1.54, 1.807) is 0 Å². The first-order valence-corrected chi connectivity index (χ1v) is 22.0. The van der Waals surface area contributed by atoms with Gasteiger partial charge in [-0.25, -0.2) is 4.79 Å². The maximum Gasteiger partial charge on any atom is 0.342 e. The largest absolute Gasteiger partial charge is 0.547 e. The number of likely N-dealkylation sites (tertiary alicyclic amines) is 1. The van der Waals surface area contributed by atoms with Crippen molar-refractivity contribution in [2.24, 2.45) is 5.92 Å². The van der Waals surface area contributed by atoms with Crippen LogP contribution in [0.25, 0.3) is 0 Å². The third-order valence-corrected chi connectivity index (χ3v) is 11.5. The van der Waals surface area contributed by atoms with Crippen LogP contribution >= 0.6 is 0 Å². The van der Waals surface area contributed by atoms with Crippen LogP contribution in [0.4, 0.5) is 0 Å². The van der Waals surface area contributed by atoms with E-state index < -0.39 is 24.2 Å². The molecule has 6 nitrogen and oxygen atoms in total. The normalized spacial score (nSPS) is 27.3. The summed E-state index contributed by atoms with van der Waals surface area (Å²) < 4.78 is 26.6. The third-order valence-electron chi connectivity index (χ3n) is 10.1. The summed E-state index contributed by atoms with van der Waals surface area (Å²) in [4.78, 5) is 16.5. The van der Waals surface area contributed by atoms with Gasteiger partial charge in [-0.05, 0) is 93.3 Å². The van der Waals surface area contributed by atoms with Crippen molar-refractivity contribution in [2.75, 3.05) is 13.6 Å². The van der Waals surface area contributed by atoms with E-state index in [-0.39, 0.29) is 34.2 Å². The summed E-state index contributed by atoms with van der Waals surface area (Å²) >= 11 is 0. The fraction of sp³-hybridized carbons (Fsp3) is 0.583. The quantitative estimate of drug-likeness (QED) is 0.201. The minimum atomic E-state index is -1.47. The van der Waals surface area contributed by atoms with Crippen LogP contribution in [0, 0.1) is 5.92 Å². The highest BCUT2D eigenvalue weighted by atomic mass is 28.3. The number of hydrogen-bond acceptors (Lipinski definition) is 6. The molecule has 2 aromatic rings. The van der Waals surface area contributed by atoms with E-state index in [0.717, 1.165) is 36.4 Å². The Bertz CT molecular complexity index is 1500. The van der Waals surface area contributed by atoms with Gasteiger partial charge < -0.3 is 23.2 Å². The van der Waals surface area contributed by atoms with Crippen molar-refractivity contribution < 1.29 is 23.1 Å². The molecule has 2 aromatic carbocycles. The fourth-order valence-corrected chi connectivity index (χ4v) is 9.42. The summed E-state index contributed by atoms with van der Waals surface area (Å²) in [5.41, 5.74) is 4.98. The van der Waals surface area contributed by atoms with Crippen LogP contribution in [0.15, 0.2) is 36.4 Å². The third kappa shape index (κ3) is 5.05. The van der Waals surface area contributed by atoms with Gasteiger partial charge in [-0.2, -0.15) is 0 Å². The molecule has 6 rings (SSSR count). The van der Waals surface area contributed by atoms with Crippen LogP contribution in [0.1, 0.15) is 80.6 Å². The molecule has 0 radical (unpaired) electrons. The number of rotatable bonds is 6. The molecule has 5 atom stereocenters. The number of esters is 1. The SMILES string of the molecule is CN1CC[C@]23c4c5c(O[SiH](C)C)cc(C(C)(C)C)c4O[C@H]2[C@@H](OC(=O)c2ccc(C(C)(C)C)cc2O[SiH](C)C)C=C[C@H]3[C@H]1C5. The number of nitrogens with zero attached hydrogens (tertiary/aromatic N) is 1. The van der Waals surface area contributed by atoms with Gasteiger partial charge in [-0.1, -0.05) is 53.7 Å². The number of piperidine rings is 1. The van der Waals surface area contributed by atoms with Crippen LogP contribution in [0.5, 0.6) is 17.2 Å². The zero-order valence-corrected chi connectivity index (χ0v) is 30.8. The van der Waals surface area contributed by atoms with Gasteiger partial charge in [0.2, 0.25) is 18.1 Å². The molecular formula is C36H51NO5Si2. The number of carbonyl (C=O) groups excluding carboxylic acids is 1. The Morgan fingerprint density at radius 2 is 1.64 bits per heavy atom. The van der Waals surface area contributed by atoms with Gasteiger partial charge in [-0.3, -0.25) is 0 Å². The van der Waals surface area contributed by atoms with Crippen molar-refractivity contribution in [1.82, 2.24) is 4.90 Å². The van der Waals surface area contributed by atoms with Crippen molar-refractivity contribution in [3.63, 3.8) is 0 Å². The van der Waals surface area contributed by atoms with Crippen LogP contribution in [0.3, 0.4) is 0 Å². The number of ether oxygens (including phenoxy) is 2. The zero-order valence-electron chi connectivity index (χ0n) is 28.5. The van der Waals surface area contributed by atoms with Gasteiger partial charge in [0.15, 0.2) is 6.10 Å². The second kappa shape index (κ2) is 10.8. The lowest BCUT2D eigenvalue weighted by molar-refractivity contribution is -0.0556. The van der Waals surface area contributed by atoms with Gasteiger partial charge >= 0.3 is 5.97 Å². The predicted octanol–water partition coefficient (Wildman–Crippen LogP) is 6.68. The first kappa shape index (κ1) is 31.4. The highest BCUT2D eigenvalue weighted by molar-refractivity contribution is 6.49. The predicted molar refractivity (Wildman–Crippen MR) is 182 cm³/mol. The molecule has 1 fully saturated rings. The fourth-order valence-electron chi connectivity index (χ4n) is 8.00. The molecule has 2 aliphatic heterocycles. The van der Waals surface area contributed by atoms with E-state index in [4.69, 9.17) is 18.3 Å². The summed E-state index contributed by atoms with van der Waals surface area (Å²) in [7, 11) is -0.581. The lowest BCUT2D eigenvalue weighted by atomic mass is 9.53. The monoisotopic (exact) mass is 633 g/mol. The Morgan fingerprint density at radius 3 is 2.27 bits per heavy atom. The molecular weight excluding hydrogens is 583 g/mol. The summed E-state index contributed by atoms with van der Waals surface area (Å²) in [6, 6.07) is 8.55. The second-order valence-electron chi connectivity index (χ2n) is 16.0. The lowest BCUT2D eigenvalue weighted by Crippen LogP contribution is -2.65. The maximum atomic E-state index is 14.0. The molecule has 4 aliphatic rings. The van der Waals surface area contributed by atoms with E-state index in [2.05, 4.69) is 97.9 Å². The van der Waals surface area contributed by atoms with Gasteiger partial charge in [0.25, 0.3) is 0 Å². The molecule has 0 amide bonds. The summed E-state index contributed by atoms with van der Waals surface area (Å²) in [5.74, 6) is 2.60. The Labute approximate surface area is 267 Å². The second-order valence-corrected chi connectivity index (χ2v) is 20.7. The molecule has 1 saturated heterocycles. The first-order chi connectivity index (χ1) is 20.5. The van der Waals surface area contributed by atoms with Crippen molar-refractivity contribution in [3.05, 3.63) is 64.2 Å². The highest BCUT2D eigenvalue weighted by Gasteiger charge is 2.65. The number of carbonyl (C=O) groups is 1. The van der Waals surface area contributed by atoms with E-state index in [1.807, 2.05) is 18.2 Å². The van der Waals surface area contributed by atoms with Crippen molar-refractivity contribution in [2.45, 2.75) is 115 Å². The average molecular weight is 634 g/mol. The highest BCUT2D eigenvalue weighted by Crippen LogP contribution is 2.64. The maximum absolute atomic E-state index is 14.0. The van der Waals surface area contributed by atoms with Gasteiger partial charge in [0.05, 0.1) is 0 Å². The molecule has 2 heterocycles. The summed E-state index contributed by atoms with van der Waals surface area (Å²) in [5, 5.41) is 0. The van der Waals surface area contributed by atoms with Gasteiger partial charge in [-0.15, -0.1) is 0 Å². The molecule has 1 spiro atoms. The van der Waals surface area contributed by atoms with Crippen LogP contribution in [0.2, 0.25) is 26.2 Å². The Morgan fingerprint density at radius 1 is 0.955 bits per heavy atom. The minimum Gasteiger partial charge on any atom is -0.547 e. The molecule has 238 valence electrons. The minimum absolute atomic E-state index is 0.0580. The summed E-state index contributed by atoms with van der Waals surface area (Å²) in [6.07, 6.45) is 5.52. The van der Waals surface area contributed by atoms with E-state index in [1.165, 1.54) is 16.7 Å². The Kier molecular flexibility index (Phi) is 7.69. The van der Waals surface area contributed by atoms with Crippen LogP contribution < -0.4 is 13.6 Å². The molecule has 0 saturated carbocycles. The lowest BCUT2D eigenvalue weighted by Gasteiger charge is -2.56. The smallest absolute Gasteiger partial charge is 0.342 e. The molecule has 0 N–H and O–H groups in total. The van der Waals surface area contributed by atoms with Crippen molar-refractivity contribution in [1.29, 1.82) is 0 Å². The summed E-state index contributed by atoms with van der Waals surface area (Å²) in [6.45, 7) is 23.0. The standard InChI is InChI=1S/C36H51NO5Si2/c1-34(2,3)21-12-13-22(28(18-21)41-43(8)9)33(38)39-27-15-14-24-26-19-23-29(42-44(10)11)20-25(35(4,5)6)31-30(23)36(24,32(27)40-31)16-17-37(26)7/h12-15,18,20,24,26-27,32,43-44H,16-17,19H2,1-11H3/t24-,26+,27-,32-,36-/m0/s1. The van der Waals surface area contributed by atoms with Crippen molar-refractivity contribution in [3.8, 4) is 17.2 Å². The Balaban J connectivity index is 1.44. The topological polar surface area (TPSA) is 57.2 Å². The van der Waals surface area contributed by atoms with Crippen LogP contribution in [-0.4, -0.2) is 60.8 Å². The molecule has 0 aromatic heterocycles. The average Bonchev–Trinajstić information content (AvgIpc) is 3.25. The molecule has 0 unspecified atom stereocenters. The van der Waals surface area contributed by atoms with Gasteiger partial charge in [0, 0.05) is 34.1 Å². The van der Waals surface area contributed by atoms with Crippen LogP contribution in [-0.2, 0) is 27.4 Å². The zero-order chi connectivity index (χ0) is 31.9. The van der Waals surface area contributed by atoms with E-state index >= 15 is 0 Å².